The summed E-state index contributed by atoms with van der Waals surface area (Å²) < 4.78 is 70.5. The lowest BCUT2D eigenvalue weighted by atomic mass is 9.96. The van der Waals surface area contributed by atoms with Gasteiger partial charge in [0.1, 0.15) is 17.6 Å². The number of benzene rings is 1. The molecule has 0 radical (unpaired) electrons. The highest BCUT2D eigenvalue weighted by Crippen LogP contribution is 2.38. The molecule has 0 spiro atoms. The third-order valence-corrected chi connectivity index (χ3v) is 6.97. The van der Waals surface area contributed by atoms with Gasteiger partial charge in [0, 0.05) is 57.1 Å². The molecular formula is C25H25F5N5O4-. The van der Waals surface area contributed by atoms with E-state index in [0.29, 0.717) is 31.9 Å². The normalized spacial score (nSPS) is 18.6. The van der Waals surface area contributed by atoms with E-state index in [1.165, 1.54) is 6.08 Å². The quantitative estimate of drug-likeness (QED) is 0.583. The largest absolute Gasteiger partial charge is 0.530 e. The minimum absolute atomic E-state index is 0.000958. The van der Waals surface area contributed by atoms with Crippen LogP contribution in [0.15, 0.2) is 35.3 Å². The Labute approximate surface area is 219 Å². The number of nitrogens with zero attached hydrogens (tertiary/aromatic N) is 4. The zero-order chi connectivity index (χ0) is 28.6. The summed E-state index contributed by atoms with van der Waals surface area (Å²) >= 11 is 0. The van der Waals surface area contributed by atoms with E-state index in [4.69, 9.17) is 0 Å². The number of anilines is 2. The molecule has 1 saturated heterocycles. The average Bonchev–Trinajstić information content (AvgIpc) is 2.87. The third kappa shape index (κ3) is 5.75. The number of aromatic nitrogens is 1. The zero-order valence-corrected chi connectivity index (χ0v) is 21.0. The summed E-state index contributed by atoms with van der Waals surface area (Å²) in [5, 5.41) is 13.4. The highest BCUT2D eigenvalue weighted by Gasteiger charge is 2.33. The van der Waals surface area contributed by atoms with Crippen LogP contribution in [-0.2, 0) is 6.30 Å². The van der Waals surface area contributed by atoms with Crippen LogP contribution in [0.5, 0.6) is 0 Å². The Morgan fingerprint density at radius 2 is 1.85 bits per heavy atom. The molecule has 1 fully saturated rings. The number of hydrogen-bond acceptors (Lipinski definition) is 6. The molecule has 1 aromatic heterocycles. The number of halogens is 5. The number of piperazine rings is 1. The average molecular weight is 554 g/mol. The van der Waals surface area contributed by atoms with Gasteiger partial charge in [0.25, 0.3) is 11.5 Å². The molecule has 9 nitrogen and oxygen atoms in total. The van der Waals surface area contributed by atoms with Crippen LogP contribution >= 0.6 is 0 Å². The Morgan fingerprint density at radius 3 is 2.44 bits per heavy atom. The highest BCUT2D eigenvalue weighted by atomic mass is 19.4. The summed E-state index contributed by atoms with van der Waals surface area (Å²) in [5.41, 5.74) is -2.73. The van der Waals surface area contributed by atoms with Crippen molar-refractivity contribution in [2.24, 2.45) is 0 Å². The second-order valence-electron chi connectivity index (χ2n) is 9.46. The van der Waals surface area contributed by atoms with Crippen molar-refractivity contribution in [3.63, 3.8) is 0 Å². The van der Waals surface area contributed by atoms with E-state index >= 15 is 8.78 Å². The van der Waals surface area contributed by atoms with E-state index in [-0.39, 0.29) is 36.8 Å². The molecule has 0 bridgehead atoms. The lowest BCUT2D eigenvalue weighted by molar-refractivity contribution is -0.265. The van der Waals surface area contributed by atoms with Gasteiger partial charge in [0.15, 0.2) is 5.82 Å². The number of pyridine rings is 1. The highest BCUT2D eigenvalue weighted by molar-refractivity contribution is 6.06. The van der Waals surface area contributed by atoms with Crippen LogP contribution in [-0.4, -0.2) is 72.2 Å². The number of nitrogens with one attached hydrogen (secondary N) is 1. The fourth-order valence-electron chi connectivity index (χ4n) is 4.60. The van der Waals surface area contributed by atoms with Crippen molar-refractivity contribution in [2.45, 2.75) is 25.7 Å². The molecule has 3 heterocycles. The van der Waals surface area contributed by atoms with Crippen LogP contribution in [0.1, 0.15) is 29.3 Å². The number of alkyl halides is 3. The van der Waals surface area contributed by atoms with E-state index < -0.39 is 56.9 Å². The van der Waals surface area contributed by atoms with Crippen LogP contribution in [0.2, 0.25) is 0 Å². The Bertz CT molecular complexity index is 1390. The molecule has 0 aliphatic carbocycles. The van der Waals surface area contributed by atoms with Gasteiger partial charge >= 0.3 is 6.30 Å². The monoisotopic (exact) mass is 554 g/mol. The molecular weight excluding hydrogens is 529 g/mol. The van der Waals surface area contributed by atoms with Crippen molar-refractivity contribution in [1.82, 2.24) is 14.4 Å². The van der Waals surface area contributed by atoms with Gasteiger partial charge in [-0.25, -0.2) is 13.3 Å². The first-order chi connectivity index (χ1) is 18.3. The van der Waals surface area contributed by atoms with Crippen molar-refractivity contribution in [3.05, 3.63) is 63.6 Å². The van der Waals surface area contributed by atoms with Gasteiger partial charge in [0.05, 0.1) is 16.8 Å². The molecule has 39 heavy (non-hydrogen) atoms. The number of carbonyl (C=O) groups is 2. The maximum atomic E-state index is 16.1. The van der Waals surface area contributed by atoms with Crippen LogP contribution in [0.25, 0.3) is 5.57 Å². The van der Waals surface area contributed by atoms with Crippen LogP contribution in [0.3, 0.4) is 0 Å². The molecule has 2 aliphatic heterocycles. The number of carbonyl (C=O) groups excluding carboxylic acids is 2. The predicted octanol–water partition coefficient (Wildman–Crippen LogP) is 2.43. The van der Waals surface area contributed by atoms with E-state index in [1.807, 2.05) is 18.9 Å². The second kappa shape index (κ2) is 10.7. The first-order valence-corrected chi connectivity index (χ1v) is 12.0. The smallest absolute Gasteiger partial charge is 0.491 e. The number of carboxylic acid groups (broad SMARTS) is 1. The first-order valence-electron chi connectivity index (χ1n) is 12.0. The lowest BCUT2D eigenvalue weighted by Crippen LogP contribution is -2.50. The third-order valence-electron chi connectivity index (χ3n) is 6.97. The minimum atomic E-state index is -5.09. The Kier molecular flexibility index (Phi) is 7.68. The molecule has 1 aromatic carbocycles. The van der Waals surface area contributed by atoms with Crippen molar-refractivity contribution in [1.29, 1.82) is 0 Å². The summed E-state index contributed by atoms with van der Waals surface area (Å²) in [7, 11) is 1.88. The van der Waals surface area contributed by atoms with E-state index in [9.17, 15) is 32.7 Å². The van der Waals surface area contributed by atoms with Gasteiger partial charge in [-0.2, -0.15) is 0 Å². The molecule has 1 N–H and O–H groups in total. The zero-order valence-electron chi connectivity index (χ0n) is 21.0. The van der Waals surface area contributed by atoms with E-state index in [1.54, 1.807) is 4.90 Å². The predicted molar refractivity (Wildman–Crippen MR) is 130 cm³/mol. The Balaban J connectivity index is 1.78. The van der Waals surface area contributed by atoms with Crippen LogP contribution in [0, 0.1) is 11.6 Å². The number of hydrogen-bond donors (Lipinski definition) is 1. The van der Waals surface area contributed by atoms with Crippen LogP contribution < -0.4 is 20.9 Å². The second-order valence-corrected chi connectivity index (χ2v) is 9.46. The molecule has 0 unspecified atom stereocenters. The summed E-state index contributed by atoms with van der Waals surface area (Å²) in [5.74, 6) is -3.23. The van der Waals surface area contributed by atoms with Gasteiger partial charge < -0.3 is 29.9 Å². The maximum Gasteiger partial charge on any atom is 0.491 e. The topological polar surface area (TPSA) is 101 Å². The van der Waals surface area contributed by atoms with Gasteiger partial charge in [0.2, 0.25) is 0 Å². The molecule has 4 rings (SSSR count). The van der Waals surface area contributed by atoms with Crippen LogP contribution in [0.4, 0.5) is 38.1 Å². The minimum Gasteiger partial charge on any atom is -0.530 e. The van der Waals surface area contributed by atoms with Crippen molar-refractivity contribution >= 4 is 28.9 Å². The molecule has 1 atom stereocenters. The van der Waals surface area contributed by atoms with Crippen molar-refractivity contribution in [3.8, 4) is 0 Å². The number of likely N-dealkylation sites (N-methyl/N-ethyl adjacent to an activating group) is 1. The first kappa shape index (κ1) is 28.1. The summed E-state index contributed by atoms with van der Waals surface area (Å²) in [4.78, 5) is 40.4. The molecule has 0 saturated carbocycles. The fraction of sp³-hybridized carbons (Fsp3) is 0.400. The fourth-order valence-corrected chi connectivity index (χ4v) is 4.60. The van der Waals surface area contributed by atoms with Crippen molar-refractivity contribution in [2.75, 3.05) is 50.0 Å². The van der Waals surface area contributed by atoms with Gasteiger partial charge in [-0.1, -0.05) is 6.08 Å². The molecule has 210 valence electrons. The van der Waals surface area contributed by atoms with E-state index in [0.717, 1.165) is 17.0 Å². The SMILES string of the molecule is C[C@H]1CN(c2cc(F)c(C3=CCN(C(=O)[O-])CC3)c(F)c2NC(=O)c2ccc(=O)n(C(F)(F)F)c2)CCN1C. The van der Waals surface area contributed by atoms with E-state index in [2.05, 4.69) is 5.32 Å². The van der Waals surface area contributed by atoms with Gasteiger partial charge in [-0.15, -0.1) is 13.2 Å². The summed E-state index contributed by atoms with van der Waals surface area (Å²) in [6.45, 7) is 2.92. The van der Waals surface area contributed by atoms with Crippen molar-refractivity contribution < 1.29 is 36.6 Å². The maximum absolute atomic E-state index is 16.1. The Hall–Kier alpha value is -3.94. The standard InChI is InChI=1S/C25H26F5N5O4/c1-14-12-34(10-9-32(14)2)18-11-17(26)20(15-5-7-33(8-6-15)24(38)39)21(27)22(18)31-23(37)16-3-4-19(36)35(13-16)25(28,29)30/h3-5,11,13-14H,6-10,12H2,1-2H3,(H,31,37)(H,38,39)/p-1/t14-/m0/s1. The number of rotatable bonds is 4. The number of amides is 2. The lowest BCUT2D eigenvalue weighted by Gasteiger charge is -2.40. The molecule has 2 amide bonds. The molecule has 2 aliphatic rings. The summed E-state index contributed by atoms with van der Waals surface area (Å²) in [6.07, 6.45) is -4.91. The van der Waals surface area contributed by atoms with Gasteiger partial charge in [-0.3, -0.25) is 9.59 Å². The van der Waals surface area contributed by atoms with Gasteiger partial charge in [-0.05, 0) is 32.0 Å². The molecule has 2 aromatic rings. The molecule has 14 heteroatoms. The summed E-state index contributed by atoms with van der Waals surface area (Å²) in [6, 6.07) is 2.47. The Morgan fingerprint density at radius 1 is 1.13 bits per heavy atom.